The van der Waals surface area contributed by atoms with Gasteiger partial charge in [0.1, 0.15) is 5.75 Å². The zero-order chi connectivity index (χ0) is 11.4. The molecule has 2 aromatic heterocycles. The van der Waals surface area contributed by atoms with Crippen LogP contribution in [0.5, 0.6) is 11.6 Å². The number of nitrogens with two attached hydrogens (primary N) is 1. The van der Waals surface area contributed by atoms with Gasteiger partial charge >= 0.3 is 0 Å². The number of hydrogen-bond acceptors (Lipinski definition) is 6. The molecule has 0 amide bonds. The van der Waals surface area contributed by atoms with E-state index in [4.69, 9.17) is 22.2 Å². The van der Waals surface area contributed by atoms with E-state index in [1.807, 2.05) is 0 Å². The minimum Gasteiger partial charge on any atom is -0.437 e. The minimum absolute atomic E-state index is 0.271. The molecule has 0 radical (unpaired) electrons. The topological polar surface area (TPSA) is 86.0 Å². The van der Waals surface area contributed by atoms with Crippen molar-refractivity contribution in [2.75, 3.05) is 5.43 Å². The number of halogens is 1. The highest BCUT2D eigenvalue weighted by Crippen LogP contribution is 2.21. The van der Waals surface area contributed by atoms with E-state index in [2.05, 4.69) is 20.4 Å². The third-order valence-corrected chi connectivity index (χ3v) is 1.87. The average Bonchev–Trinajstić information content (AvgIpc) is 2.29. The lowest BCUT2D eigenvalue weighted by Gasteiger charge is -2.05. The zero-order valence-corrected chi connectivity index (χ0v) is 8.85. The summed E-state index contributed by atoms with van der Waals surface area (Å²) >= 11 is 5.76. The number of anilines is 1. The second kappa shape index (κ2) is 4.73. The van der Waals surface area contributed by atoms with Crippen LogP contribution in [0.2, 0.25) is 5.02 Å². The molecule has 0 unspecified atom stereocenters. The Kier molecular flexibility index (Phi) is 3.13. The molecule has 6 nitrogen and oxygen atoms in total. The molecule has 16 heavy (non-hydrogen) atoms. The molecule has 2 heterocycles. The predicted molar refractivity (Wildman–Crippen MR) is 59.2 cm³/mol. The van der Waals surface area contributed by atoms with Crippen molar-refractivity contribution in [1.29, 1.82) is 0 Å². The first kappa shape index (κ1) is 10.6. The minimum atomic E-state index is 0.271. The maximum atomic E-state index is 5.76. The molecule has 0 saturated heterocycles. The van der Waals surface area contributed by atoms with Crippen molar-refractivity contribution in [2.24, 2.45) is 5.84 Å². The Balaban J connectivity index is 2.20. The Morgan fingerprint density at radius 3 is 3.00 bits per heavy atom. The van der Waals surface area contributed by atoms with Gasteiger partial charge in [0.25, 0.3) is 0 Å². The number of nitrogens with zero attached hydrogens (tertiary/aromatic N) is 3. The Morgan fingerprint density at radius 1 is 1.38 bits per heavy atom. The smallest absolute Gasteiger partial charge is 0.240 e. The molecule has 0 aromatic carbocycles. The fraction of sp³-hybridized carbons (Fsp3) is 0. The van der Waals surface area contributed by atoms with Crippen molar-refractivity contribution < 1.29 is 4.74 Å². The van der Waals surface area contributed by atoms with Gasteiger partial charge in [-0.15, -0.1) is 0 Å². The van der Waals surface area contributed by atoms with Crippen LogP contribution >= 0.6 is 11.6 Å². The molecule has 82 valence electrons. The number of rotatable bonds is 3. The monoisotopic (exact) mass is 237 g/mol. The normalized spacial score (nSPS) is 9.88. The van der Waals surface area contributed by atoms with Gasteiger partial charge in [0.05, 0.1) is 11.2 Å². The van der Waals surface area contributed by atoms with E-state index in [1.54, 1.807) is 12.1 Å². The fourth-order valence-electron chi connectivity index (χ4n) is 1.04. The maximum Gasteiger partial charge on any atom is 0.240 e. The van der Waals surface area contributed by atoms with Crippen LogP contribution in [-0.2, 0) is 0 Å². The SMILES string of the molecule is NNc1nccc(Oc2cncc(Cl)c2)n1. The van der Waals surface area contributed by atoms with Crippen molar-refractivity contribution in [1.82, 2.24) is 15.0 Å². The molecule has 3 N–H and O–H groups in total. The van der Waals surface area contributed by atoms with Crippen LogP contribution in [0.1, 0.15) is 0 Å². The molecule has 0 fully saturated rings. The molecule has 0 aliphatic heterocycles. The van der Waals surface area contributed by atoms with Gasteiger partial charge in [-0.1, -0.05) is 11.6 Å². The summed E-state index contributed by atoms with van der Waals surface area (Å²) < 4.78 is 5.41. The van der Waals surface area contributed by atoms with E-state index in [-0.39, 0.29) is 5.95 Å². The van der Waals surface area contributed by atoms with E-state index in [0.29, 0.717) is 16.7 Å². The van der Waals surface area contributed by atoms with Crippen LogP contribution in [0, 0.1) is 0 Å². The highest BCUT2D eigenvalue weighted by molar-refractivity contribution is 6.30. The van der Waals surface area contributed by atoms with Gasteiger partial charge < -0.3 is 4.74 Å². The summed E-state index contributed by atoms with van der Waals surface area (Å²) in [5.74, 6) is 6.29. The number of aromatic nitrogens is 3. The van der Waals surface area contributed by atoms with Crippen LogP contribution < -0.4 is 16.0 Å². The summed E-state index contributed by atoms with van der Waals surface area (Å²) in [5.41, 5.74) is 2.32. The molecule has 0 bridgehead atoms. The van der Waals surface area contributed by atoms with Gasteiger partial charge in [-0.05, 0) is 0 Å². The molecule has 2 aromatic rings. The van der Waals surface area contributed by atoms with Crippen molar-refractivity contribution in [2.45, 2.75) is 0 Å². The number of nitrogens with one attached hydrogen (secondary N) is 1. The molecule has 0 aliphatic carbocycles. The molecule has 2 rings (SSSR count). The van der Waals surface area contributed by atoms with E-state index >= 15 is 0 Å². The van der Waals surface area contributed by atoms with Gasteiger partial charge in [-0.2, -0.15) is 4.98 Å². The lowest BCUT2D eigenvalue weighted by Crippen LogP contribution is -2.10. The molecule has 7 heteroatoms. The van der Waals surface area contributed by atoms with Crippen LogP contribution in [0.15, 0.2) is 30.7 Å². The van der Waals surface area contributed by atoms with Crippen molar-refractivity contribution in [3.8, 4) is 11.6 Å². The molecule has 0 atom stereocenters. The van der Waals surface area contributed by atoms with Gasteiger partial charge in [0.15, 0.2) is 0 Å². The molecule has 0 aliphatic rings. The molecular weight excluding hydrogens is 230 g/mol. The molecular formula is C9H8ClN5O. The average molecular weight is 238 g/mol. The quantitative estimate of drug-likeness (QED) is 0.623. The second-order valence-electron chi connectivity index (χ2n) is 2.80. The lowest BCUT2D eigenvalue weighted by atomic mass is 10.4. The Bertz CT molecular complexity index is 493. The van der Waals surface area contributed by atoms with Gasteiger partial charge in [0, 0.05) is 24.5 Å². The number of hydrazine groups is 1. The molecule has 0 spiro atoms. The van der Waals surface area contributed by atoms with Crippen molar-refractivity contribution >= 4 is 17.5 Å². The third-order valence-electron chi connectivity index (χ3n) is 1.66. The van der Waals surface area contributed by atoms with Gasteiger partial charge in [-0.25, -0.2) is 10.8 Å². The summed E-state index contributed by atoms with van der Waals surface area (Å²) in [4.78, 5) is 11.7. The van der Waals surface area contributed by atoms with Crippen LogP contribution in [0.3, 0.4) is 0 Å². The summed E-state index contributed by atoms with van der Waals surface area (Å²) in [6.07, 6.45) is 4.57. The van der Waals surface area contributed by atoms with Crippen LogP contribution in [-0.4, -0.2) is 15.0 Å². The van der Waals surface area contributed by atoms with Crippen molar-refractivity contribution in [3.63, 3.8) is 0 Å². The van der Waals surface area contributed by atoms with Crippen molar-refractivity contribution in [3.05, 3.63) is 35.7 Å². The summed E-state index contributed by atoms with van der Waals surface area (Å²) in [7, 11) is 0. The Labute approximate surface area is 96.4 Å². The maximum absolute atomic E-state index is 5.76. The van der Waals surface area contributed by atoms with Gasteiger partial charge in [0.2, 0.25) is 11.8 Å². The Morgan fingerprint density at radius 2 is 2.25 bits per heavy atom. The Hall–Kier alpha value is -1.92. The summed E-state index contributed by atoms with van der Waals surface area (Å²) in [6, 6.07) is 3.23. The zero-order valence-electron chi connectivity index (χ0n) is 8.09. The summed E-state index contributed by atoms with van der Waals surface area (Å²) in [6.45, 7) is 0. The van der Waals surface area contributed by atoms with E-state index < -0.39 is 0 Å². The first-order valence-corrected chi connectivity index (χ1v) is 4.74. The second-order valence-corrected chi connectivity index (χ2v) is 3.24. The van der Waals surface area contributed by atoms with Crippen LogP contribution in [0.25, 0.3) is 0 Å². The van der Waals surface area contributed by atoms with Crippen LogP contribution in [0.4, 0.5) is 5.95 Å². The van der Waals surface area contributed by atoms with E-state index in [0.717, 1.165) is 0 Å². The predicted octanol–water partition coefficient (Wildman–Crippen LogP) is 1.60. The number of nitrogen functional groups attached to an aromatic ring is 1. The van der Waals surface area contributed by atoms with Gasteiger partial charge in [-0.3, -0.25) is 10.4 Å². The number of hydrogen-bond donors (Lipinski definition) is 2. The fourth-order valence-corrected chi connectivity index (χ4v) is 1.20. The largest absolute Gasteiger partial charge is 0.437 e. The van der Waals surface area contributed by atoms with E-state index in [9.17, 15) is 0 Å². The molecule has 0 saturated carbocycles. The standard InChI is InChI=1S/C9H8ClN5O/c10-6-3-7(5-12-4-6)16-8-1-2-13-9(14-8)15-11/h1-5H,11H2,(H,13,14,15). The third kappa shape index (κ3) is 2.56. The lowest BCUT2D eigenvalue weighted by molar-refractivity contribution is 0.460. The highest BCUT2D eigenvalue weighted by atomic mass is 35.5. The highest BCUT2D eigenvalue weighted by Gasteiger charge is 2.01. The number of ether oxygens (including phenoxy) is 1. The van der Waals surface area contributed by atoms with E-state index in [1.165, 1.54) is 18.6 Å². The first-order chi connectivity index (χ1) is 7.78. The summed E-state index contributed by atoms with van der Waals surface area (Å²) in [5, 5.41) is 0.490. The first-order valence-electron chi connectivity index (χ1n) is 4.36. The number of pyridine rings is 1.